The molecule has 5 aliphatic rings. The molecule has 0 bridgehead atoms. The van der Waals surface area contributed by atoms with Gasteiger partial charge in [-0.05, 0) is 86.6 Å². The number of hydrogen-bond acceptors (Lipinski definition) is 5. The summed E-state index contributed by atoms with van der Waals surface area (Å²) in [5, 5.41) is 10.7. The smallest absolute Gasteiger partial charge is 0.248 e. The summed E-state index contributed by atoms with van der Waals surface area (Å²) in [6, 6.07) is 4.63. The van der Waals surface area contributed by atoms with Crippen molar-refractivity contribution in [3.8, 4) is 0 Å². The Labute approximate surface area is 227 Å². The van der Waals surface area contributed by atoms with Crippen LogP contribution in [0.1, 0.15) is 62.6 Å². The van der Waals surface area contributed by atoms with E-state index in [-0.39, 0.29) is 12.8 Å². The minimum absolute atomic E-state index is 0.0580. The lowest BCUT2D eigenvalue weighted by molar-refractivity contribution is -0.0454. The molecule has 1 saturated carbocycles. The zero-order chi connectivity index (χ0) is 26.2. The Bertz CT molecular complexity index is 976. The Morgan fingerprint density at radius 2 is 1.89 bits per heavy atom. The normalized spacial score (nSPS) is 25.5. The van der Waals surface area contributed by atoms with Gasteiger partial charge in [0.15, 0.2) is 0 Å². The SMILES string of the molecule is FC1(F)CCC(CNCC2CC3=C(C=CCC=C3N3CCNCC3)CN2)CC1.c1cnc2c(c1)CCCC2. The molecule has 208 valence electrons. The predicted molar refractivity (Wildman–Crippen MR) is 150 cm³/mol. The second kappa shape index (κ2) is 13.3. The van der Waals surface area contributed by atoms with Gasteiger partial charge in [0.2, 0.25) is 5.92 Å². The molecule has 0 spiro atoms. The van der Waals surface area contributed by atoms with E-state index in [0.717, 1.165) is 58.7 Å². The Kier molecular flexibility index (Phi) is 9.63. The van der Waals surface area contributed by atoms with Gasteiger partial charge in [0.1, 0.15) is 0 Å². The summed E-state index contributed by atoms with van der Waals surface area (Å²) < 4.78 is 26.6. The summed E-state index contributed by atoms with van der Waals surface area (Å²) in [7, 11) is 0. The highest BCUT2D eigenvalue weighted by Crippen LogP contribution is 2.36. The monoisotopic (exact) mass is 525 g/mol. The summed E-state index contributed by atoms with van der Waals surface area (Å²) in [6.45, 7) is 6.94. The van der Waals surface area contributed by atoms with Gasteiger partial charge in [-0.15, -0.1) is 0 Å². The number of nitrogens with one attached hydrogen (secondary N) is 3. The summed E-state index contributed by atoms with van der Waals surface area (Å²) in [6.07, 6.45) is 17.4. The molecule has 2 aliphatic heterocycles. The second-order valence-electron chi connectivity index (χ2n) is 11.5. The molecule has 3 aliphatic carbocycles. The van der Waals surface area contributed by atoms with E-state index in [9.17, 15) is 8.78 Å². The zero-order valence-electron chi connectivity index (χ0n) is 22.8. The number of aromatic nitrogens is 1. The van der Waals surface area contributed by atoms with Crippen LogP contribution in [0, 0.1) is 5.92 Å². The molecular weight excluding hydrogens is 480 g/mol. The maximum Gasteiger partial charge on any atom is 0.248 e. The fourth-order valence-corrected chi connectivity index (χ4v) is 6.42. The predicted octanol–water partition coefficient (Wildman–Crippen LogP) is 4.77. The molecule has 38 heavy (non-hydrogen) atoms. The lowest BCUT2D eigenvalue weighted by atomic mass is 9.86. The van der Waals surface area contributed by atoms with E-state index in [1.807, 2.05) is 12.3 Å². The van der Waals surface area contributed by atoms with E-state index in [1.165, 1.54) is 53.8 Å². The largest absolute Gasteiger partial charge is 0.369 e. The first-order valence-electron chi connectivity index (χ1n) is 14.9. The van der Waals surface area contributed by atoms with Crippen molar-refractivity contribution in [2.75, 3.05) is 45.8 Å². The molecule has 0 amide bonds. The van der Waals surface area contributed by atoms with E-state index in [2.05, 4.69) is 50.1 Å². The van der Waals surface area contributed by atoms with Gasteiger partial charge in [-0.1, -0.05) is 24.3 Å². The highest BCUT2D eigenvalue weighted by molar-refractivity contribution is 5.45. The molecular formula is C31H45F2N5. The van der Waals surface area contributed by atoms with E-state index < -0.39 is 5.92 Å². The molecule has 3 heterocycles. The highest BCUT2D eigenvalue weighted by Gasteiger charge is 2.34. The van der Waals surface area contributed by atoms with Crippen LogP contribution in [0.4, 0.5) is 8.78 Å². The molecule has 5 nitrogen and oxygen atoms in total. The van der Waals surface area contributed by atoms with Crippen LogP contribution in [0.3, 0.4) is 0 Å². The number of fused-ring (bicyclic) bond motifs is 1. The topological polar surface area (TPSA) is 52.2 Å². The van der Waals surface area contributed by atoms with Crippen molar-refractivity contribution in [1.82, 2.24) is 25.8 Å². The third-order valence-corrected chi connectivity index (χ3v) is 8.71. The first-order chi connectivity index (χ1) is 18.6. The number of hydrogen-bond donors (Lipinski definition) is 3. The first-order valence-corrected chi connectivity index (χ1v) is 14.9. The second-order valence-corrected chi connectivity index (χ2v) is 11.5. The van der Waals surface area contributed by atoms with E-state index in [4.69, 9.17) is 0 Å². The van der Waals surface area contributed by atoms with Gasteiger partial charge in [-0.3, -0.25) is 4.98 Å². The molecule has 7 heteroatoms. The van der Waals surface area contributed by atoms with Crippen molar-refractivity contribution in [2.45, 2.75) is 76.2 Å². The third-order valence-electron chi connectivity index (χ3n) is 8.71. The van der Waals surface area contributed by atoms with Crippen LogP contribution in [0.5, 0.6) is 0 Å². The number of allylic oxidation sites excluding steroid dienone is 3. The molecule has 1 atom stereocenters. The highest BCUT2D eigenvalue weighted by atomic mass is 19.3. The van der Waals surface area contributed by atoms with Crippen molar-refractivity contribution >= 4 is 0 Å². The fourth-order valence-electron chi connectivity index (χ4n) is 6.42. The average Bonchev–Trinajstić information content (AvgIpc) is 3.17. The van der Waals surface area contributed by atoms with Crippen molar-refractivity contribution in [1.29, 1.82) is 0 Å². The maximum absolute atomic E-state index is 13.3. The molecule has 1 saturated heterocycles. The van der Waals surface area contributed by atoms with Gasteiger partial charge < -0.3 is 20.9 Å². The van der Waals surface area contributed by atoms with Crippen LogP contribution in [-0.4, -0.2) is 67.7 Å². The van der Waals surface area contributed by atoms with Gasteiger partial charge in [0, 0.05) is 75.7 Å². The summed E-state index contributed by atoms with van der Waals surface area (Å²) in [4.78, 5) is 6.86. The van der Waals surface area contributed by atoms with Crippen LogP contribution in [0.15, 0.2) is 53.4 Å². The molecule has 2 fully saturated rings. The fraction of sp³-hybridized carbons (Fsp3) is 0.645. The van der Waals surface area contributed by atoms with Crippen LogP contribution in [0.2, 0.25) is 0 Å². The number of halogens is 2. The lowest BCUT2D eigenvalue weighted by Gasteiger charge is -2.36. The van der Waals surface area contributed by atoms with Crippen molar-refractivity contribution in [3.05, 3.63) is 64.7 Å². The number of nitrogens with zero attached hydrogens (tertiary/aromatic N) is 2. The Balaban J connectivity index is 0.000000244. The molecule has 1 aromatic heterocycles. The molecule has 1 unspecified atom stereocenters. The number of pyridine rings is 1. The van der Waals surface area contributed by atoms with Crippen LogP contribution in [0.25, 0.3) is 0 Å². The van der Waals surface area contributed by atoms with E-state index in [1.54, 1.807) is 0 Å². The van der Waals surface area contributed by atoms with Gasteiger partial charge in [-0.25, -0.2) is 8.78 Å². The van der Waals surface area contributed by atoms with Gasteiger partial charge in [0.25, 0.3) is 0 Å². The van der Waals surface area contributed by atoms with Crippen LogP contribution in [-0.2, 0) is 12.8 Å². The van der Waals surface area contributed by atoms with Gasteiger partial charge in [-0.2, -0.15) is 0 Å². The Morgan fingerprint density at radius 3 is 2.71 bits per heavy atom. The van der Waals surface area contributed by atoms with Crippen LogP contribution < -0.4 is 16.0 Å². The zero-order valence-corrected chi connectivity index (χ0v) is 22.8. The Morgan fingerprint density at radius 1 is 1.08 bits per heavy atom. The van der Waals surface area contributed by atoms with Crippen molar-refractivity contribution < 1.29 is 8.78 Å². The maximum atomic E-state index is 13.3. The minimum Gasteiger partial charge on any atom is -0.369 e. The first kappa shape index (κ1) is 27.5. The van der Waals surface area contributed by atoms with Crippen molar-refractivity contribution in [3.63, 3.8) is 0 Å². The summed E-state index contributed by atoms with van der Waals surface area (Å²) in [5.74, 6) is -2.03. The number of alkyl halides is 2. The molecule has 6 rings (SSSR count). The third kappa shape index (κ3) is 7.51. The van der Waals surface area contributed by atoms with E-state index in [0.29, 0.717) is 24.8 Å². The summed E-state index contributed by atoms with van der Waals surface area (Å²) in [5.41, 5.74) is 7.15. The number of aryl methyl sites for hydroxylation is 2. The standard InChI is InChI=1S/C22H34F2N4.C9H11N/c23-22(24)7-5-17(6-8-22)14-26-16-19-13-20-18(15-27-19)3-1-2-4-21(20)28-11-9-25-10-12-28;1-2-6-9-8(4-1)5-3-7-10-9/h1,3-4,17,19,25-27H,2,5-16H2;3,5,7H,1-2,4,6H2. The van der Waals surface area contributed by atoms with Gasteiger partial charge in [0.05, 0.1) is 0 Å². The summed E-state index contributed by atoms with van der Waals surface area (Å²) >= 11 is 0. The van der Waals surface area contributed by atoms with E-state index >= 15 is 0 Å². The lowest BCUT2D eigenvalue weighted by Crippen LogP contribution is -2.47. The average molecular weight is 526 g/mol. The van der Waals surface area contributed by atoms with Crippen molar-refractivity contribution in [2.24, 2.45) is 5.92 Å². The molecule has 0 radical (unpaired) electrons. The number of piperazine rings is 1. The molecule has 3 N–H and O–H groups in total. The van der Waals surface area contributed by atoms with Crippen LogP contribution >= 0.6 is 0 Å². The quantitative estimate of drug-likeness (QED) is 0.517. The number of rotatable bonds is 5. The Hall–Kier alpha value is -2.09. The molecule has 0 aromatic carbocycles. The molecule has 1 aromatic rings. The van der Waals surface area contributed by atoms with Gasteiger partial charge >= 0.3 is 0 Å². The minimum atomic E-state index is -2.43.